The molecule has 2 N–H and O–H groups in total. The molecule has 0 saturated carbocycles. The van der Waals surface area contributed by atoms with E-state index >= 15 is 0 Å². The Morgan fingerprint density at radius 3 is 2.20 bits per heavy atom. The number of hydrogen-bond acceptors (Lipinski definition) is 7. The van der Waals surface area contributed by atoms with Crippen LogP contribution in [-0.2, 0) is 24.8 Å². The van der Waals surface area contributed by atoms with E-state index in [0.29, 0.717) is 5.69 Å². The highest BCUT2D eigenvalue weighted by atomic mass is 35.5. The molecule has 35 heavy (non-hydrogen) atoms. The third-order valence-corrected chi connectivity index (χ3v) is 7.91. The molecule has 186 valence electrons. The van der Waals surface area contributed by atoms with Crippen molar-refractivity contribution >= 4 is 78.1 Å². The van der Waals surface area contributed by atoms with Crippen molar-refractivity contribution in [2.45, 2.75) is 11.8 Å². The Kier molecular flexibility index (Phi) is 8.12. The molecule has 0 aliphatic carbocycles. The third kappa shape index (κ3) is 6.95. The van der Waals surface area contributed by atoms with Gasteiger partial charge in [0.1, 0.15) is 6.54 Å². The van der Waals surface area contributed by atoms with Crippen molar-refractivity contribution in [3.8, 4) is 0 Å². The summed E-state index contributed by atoms with van der Waals surface area (Å²) in [6.45, 7) is 1.07. The molecule has 0 aliphatic heterocycles. The third-order valence-electron chi connectivity index (χ3n) is 4.41. The first-order chi connectivity index (χ1) is 16.3. The highest BCUT2D eigenvalue weighted by Gasteiger charge is 2.24. The Labute approximate surface area is 217 Å². The quantitative estimate of drug-likeness (QED) is 0.386. The maximum Gasteiger partial charge on any atom is 0.264 e. The lowest BCUT2D eigenvalue weighted by Crippen LogP contribution is -2.37. The average molecular weight is 579 g/mol. The smallest absolute Gasteiger partial charge is 0.264 e. The maximum absolute atomic E-state index is 12.6. The first-order valence-corrected chi connectivity index (χ1v) is 14.1. The number of benzene rings is 2. The van der Waals surface area contributed by atoms with Gasteiger partial charge in [-0.1, -0.05) is 34.8 Å². The topological polar surface area (TPSA) is 138 Å². The van der Waals surface area contributed by atoms with Gasteiger partial charge in [0.2, 0.25) is 21.9 Å². The minimum Gasteiger partial charge on any atom is -0.325 e. The number of sulfonamides is 2. The number of halogens is 3. The molecule has 0 unspecified atom stereocenters. The molecule has 0 fully saturated rings. The van der Waals surface area contributed by atoms with E-state index in [0.717, 1.165) is 10.6 Å². The van der Waals surface area contributed by atoms with Gasteiger partial charge in [-0.05, 0) is 49.4 Å². The highest BCUT2D eigenvalue weighted by Crippen LogP contribution is 2.35. The molecule has 1 amide bonds. The lowest BCUT2D eigenvalue weighted by atomic mass is 10.3. The zero-order valence-corrected chi connectivity index (χ0v) is 22.1. The summed E-state index contributed by atoms with van der Waals surface area (Å²) in [5.74, 6) is -0.788. The van der Waals surface area contributed by atoms with Gasteiger partial charge in [0.15, 0.2) is 0 Å². The van der Waals surface area contributed by atoms with Crippen LogP contribution < -0.4 is 14.3 Å². The summed E-state index contributed by atoms with van der Waals surface area (Å²) in [6.07, 6.45) is 2.33. The number of amides is 1. The summed E-state index contributed by atoms with van der Waals surface area (Å²) in [7, 11) is -7.90. The van der Waals surface area contributed by atoms with Crippen LogP contribution in [0.2, 0.25) is 15.1 Å². The van der Waals surface area contributed by atoms with Crippen molar-refractivity contribution in [2.24, 2.45) is 0 Å². The molecule has 2 aromatic carbocycles. The van der Waals surface area contributed by atoms with Crippen LogP contribution in [0.1, 0.15) is 5.69 Å². The number of rotatable bonds is 8. The molecular weight excluding hydrogens is 561 g/mol. The van der Waals surface area contributed by atoms with E-state index in [-0.39, 0.29) is 37.3 Å². The van der Waals surface area contributed by atoms with Crippen molar-refractivity contribution in [1.29, 1.82) is 0 Å². The van der Waals surface area contributed by atoms with Crippen molar-refractivity contribution in [2.75, 3.05) is 27.1 Å². The number of nitrogens with zero attached hydrogens (tertiary/aromatic N) is 3. The van der Waals surface area contributed by atoms with Crippen LogP contribution in [-0.4, -0.2) is 45.5 Å². The average Bonchev–Trinajstić information content (AvgIpc) is 2.74. The summed E-state index contributed by atoms with van der Waals surface area (Å²) in [4.78, 5) is 20.3. The molecule has 0 radical (unpaired) electrons. The SMILES string of the molecule is Cc1ccnc(NS(=O)(=O)c2ccc(NC(=O)CN(c3cc(Cl)c(Cl)cc3Cl)S(C)(=O)=O)cc2)n1. The number of nitrogens with one attached hydrogen (secondary N) is 2. The van der Waals surface area contributed by atoms with Gasteiger partial charge >= 0.3 is 0 Å². The van der Waals surface area contributed by atoms with Crippen LogP contribution in [0.4, 0.5) is 17.3 Å². The van der Waals surface area contributed by atoms with Gasteiger partial charge in [-0.3, -0.25) is 9.10 Å². The van der Waals surface area contributed by atoms with E-state index < -0.39 is 32.5 Å². The van der Waals surface area contributed by atoms with Gasteiger partial charge in [0.05, 0.1) is 31.9 Å². The summed E-state index contributed by atoms with van der Waals surface area (Å²) in [6, 6.07) is 9.35. The minimum atomic E-state index is -3.98. The number of aryl methyl sites for hydroxylation is 1. The Balaban J connectivity index is 1.75. The zero-order chi connectivity index (χ0) is 26.0. The lowest BCUT2D eigenvalue weighted by molar-refractivity contribution is -0.114. The fourth-order valence-corrected chi connectivity index (χ4v) is 5.31. The second-order valence-electron chi connectivity index (χ2n) is 7.19. The van der Waals surface area contributed by atoms with Gasteiger partial charge in [0, 0.05) is 17.6 Å². The molecule has 0 bridgehead atoms. The van der Waals surface area contributed by atoms with Crippen LogP contribution >= 0.6 is 34.8 Å². The van der Waals surface area contributed by atoms with Crippen molar-refractivity contribution in [3.05, 3.63) is 69.4 Å². The largest absolute Gasteiger partial charge is 0.325 e. The molecule has 0 saturated heterocycles. The van der Waals surface area contributed by atoms with Crippen molar-refractivity contribution < 1.29 is 21.6 Å². The van der Waals surface area contributed by atoms with Crippen molar-refractivity contribution in [1.82, 2.24) is 9.97 Å². The van der Waals surface area contributed by atoms with E-state index in [1.807, 2.05) is 0 Å². The molecule has 0 aliphatic rings. The van der Waals surface area contributed by atoms with Gasteiger partial charge in [0.25, 0.3) is 10.0 Å². The molecule has 3 aromatic rings. The predicted octanol–water partition coefficient (Wildman–Crippen LogP) is 3.95. The van der Waals surface area contributed by atoms with Gasteiger partial charge in [-0.2, -0.15) is 0 Å². The van der Waals surface area contributed by atoms with Crippen LogP contribution in [0, 0.1) is 6.92 Å². The Hall–Kier alpha value is -2.64. The summed E-state index contributed by atoms with van der Waals surface area (Å²) < 4.78 is 52.8. The van der Waals surface area contributed by atoms with Gasteiger partial charge in [-0.15, -0.1) is 0 Å². The second kappa shape index (κ2) is 10.5. The molecule has 3 rings (SSSR count). The van der Waals surface area contributed by atoms with Crippen LogP contribution in [0.25, 0.3) is 0 Å². The minimum absolute atomic E-state index is 0.0164. The molecule has 15 heteroatoms. The normalized spacial score (nSPS) is 11.7. The number of hydrogen-bond donors (Lipinski definition) is 2. The van der Waals surface area contributed by atoms with Crippen molar-refractivity contribution in [3.63, 3.8) is 0 Å². The monoisotopic (exact) mass is 577 g/mol. The Bertz CT molecular complexity index is 1480. The fraction of sp³-hybridized carbons (Fsp3) is 0.150. The zero-order valence-electron chi connectivity index (χ0n) is 18.2. The van der Waals surface area contributed by atoms with E-state index in [1.54, 1.807) is 13.0 Å². The maximum atomic E-state index is 12.6. The van der Waals surface area contributed by atoms with E-state index in [2.05, 4.69) is 20.0 Å². The first-order valence-electron chi connectivity index (χ1n) is 9.61. The highest BCUT2D eigenvalue weighted by molar-refractivity contribution is 7.92. The number of anilines is 3. The number of carbonyl (C=O) groups excluding carboxylic acids is 1. The second-order valence-corrected chi connectivity index (χ2v) is 12.0. The standard InChI is InChI=1S/C20H18Cl3N5O5S2/c1-12-7-8-24-20(25-12)27-35(32,33)14-5-3-13(4-6-14)26-19(29)11-28(34(2,30)31)18-10-16(22)15(21)9-17(18)23/h3-10H,11H2,1-2H3,(H,26,29)(H,24,25,27). The van der Waals surface area contributed by atoms with E-state index in [4.69, 9.17) is 34.8 Å². The molecule has 1 aromatic heterocycles. The van der Waals surface area contributed by atoms with E-state index in [9.17, 15) is 21.6 Å². The van der Waals surface area contributed by atoms with Crippen LogP contribution in [0.3, 0.4) is 0 Å². The first kappa shape index (κ1) is 27.0. The Morgan fingerprint density at radius 2 is 1.60 bits per heavy atom. The fourth-order valence-electron chi connectivity index (χ4n) is 2.81. The van der Waals surface area contributed by atoms with Gasteiger partial charge < -0.3 is 5.32 Å². The van der Waals surface area contributed by atoms with E-state index in [1.165, 1.54) is 42.6 Å². The van der Waals surface area contributed by atoms with Crippen LogP contribution in [0.15, 0.2) is 53.6 Å². The van der Waals surface area contributed by atoms with Gasteiger partial charge in [-0.25, -0.2) is 31.5 Å². The molecular formula is C20H18Cl3N5O5S2. The molecule has 0 spiro atoms. The van der Waals surface area contributed by atoms with Crippen LogP contribution in [0.5, 0.6) is 0 Å². The molecule has 1 heterocycles. The summed E-state index contributed by atoms with van der Waals surface area (Å²) in [5.41, 5.74) is 0.792. The lowest BCUT2D eigenvalue weighted by Gasteiger charge is -2.23. The predicted molar refractivity (Wildman–Crippen MR) is 136 cm³/mol. The Morgan fingerprint density at radius 1 is 0.971 bits per heavy atom. The summed E-state index contributed by atoms with van der Waals surface area (Å²) >= 11 is 18.0. The molecule has 10 nitrogen and oxygen atoms in total. The number of carbonyl (C=O) groups is 1. The number of aromatic nitrogens is 2. The molecule has 0 atom stereocenters. The summed E-state index contributed by atoms with van der Waals surface area (Å²) in [5, 5.41) is 2.67.